The van der Waals surface area contributed by atoms with E-state index >= 15 is 0 Å². The summed E-state index contributed by atoms with van der Waals surface area (Å²) in [5.74, 6) is 1.69. The number of benzene rings is 5. The number of rotatable bonds is 4. The van der Waals surface area contributed by atoms with Crippen LogP contribution in [0.4, 0.5) is 0 Å². The molecule has 0 bridgehead atoms. The summed E-state index contributed by atoms with van der Waals surface area (Å²) in [4.78, 5) is 28.4. The van der Waals surface area contributed by atoms with Crippen molar-refractivity contribution in [1.82, 2.24) is 29.9 Å². The molecule has 0 amide bonds. The van der Waals surface area contributed by atoms with Gasteiger partial charge in [-0.3, -0.25) is 9.97 Å². The van der Waals surface area contributed by atoms with Crippen LogP contribution in [0.3, 0.4) is 0 Å². The molecule has 0 spiro atoms. The van der Waals surface area contributed by atoms with Crippen molar-refractivity contribution in [3.8, 4) is 45.4 Å². The number of hydrogen-bond donors (Lipinski definition) is 0. The second-order valence-electron chi connectivity index (χ2n) is 11.2. The van der Waals surface area contributed by atoms with Gasteiger partial charge in [-0.2, -0.15) is 0 Å². The smallest absolute Gasteiger partial charge is 0.165 e. The zero-order valence-electron chi connectivity index (χ0n) is 24.5. The SMILES string of the molecule is c1cncc(-c2nc(-c3ccc(-c4nc5ccccc5c5c6ccccc6c6ccccc6c45)cc3)nc(-c3cccnc3)n2)c1. The quantitative estimate of drug-likeness (QED) is 0.191. The zero-order valence-corrected chi connectivity index (χ0v) is 24.5. The molecular formula is C40H24N6. The lowest BCUT2D eigenvalue weighted by atomic mass is 9.90. The number of fused-ring (bicyclic) bond motifs is 8. The predicted octanol–water partition coefficient (Wildman–Crippen LogP) is 9.34. The van der Waals surface area contributed by atoms with E-state index in [1.807, 2.05) is 24.3 Å². The minimum atomic E-state index is 0.557. The number of hydrogen-bond acceptors (Lipinski definition) is 6. The third kappa shape index (κ3) is 4.27. The van der Waals surface area contributed by atoms with E-state index in [0.717, 1.165) is 44.2 Å². The standard InChI is InChI=1S/C40H24N6/c1-3-13-31-29(11-1)30-12-2-4-14-32(30)36-35(31)33-15-5-6-16-34(33)43-37(36)25-17-19-26(20-18-25)38-44-39(27-9-7-21-41-23-27)46-40(45-38)28-10-8-22-42-24-28/h1-24H. The summed E-state index contributed by atoms with van der Waals surface area (Å²) in [5.41, 5.74) is 5.45. The number of aromatic nitrogens is 6. The highest BCUT2D eigenvalue weighted by Crippen LogP contribution is 2.42. The van der Waals surface area contributed by atoms with Gasteiger partial charge in [-0.1, -0.05) is 91.0 Å². The van der Waals surface area contributed by atoms with Crippen LogP contribution < -0.4 is 0 Å². The van der Waals surface area contributed by atoms with Gasteiger partial charge in [-0.25, -0.2) is 19.9 Å². The highest BCUT2D eigenvalue weighted by Gasteiger charge is 2.18. The van der Waals surface area contributed by atoms with Crippen molar-refractivity contribution < 1.29 is 0 Å². The first-order chi connectivity index (χ1) is 22.8. The summed E-state index contributed by atoms with van der Waals surface area (Å²) in [5, 5.41) is 8.40. The molecule has 0 aliphatic rings. The van der Waals surface area contributed by atoms with Gasteiger partial charge < -0.3 is 0 Å². The molecular weight excluding hydrogens is 564 g/mol. The van der Waals surface area contributed by atoms with Crippen LogP contribution in [0.1, 0.15) is 0 Å². The molecule has 0 N–H and O–H groups in total. The highest BCUT2D eigenvalue weighted by molar-refractivity contribution is 6.33. The highest BCUT2D eigenvalue weighted by atomic mass is 15.0. The predicted molar refractivity (Wildman–Crippen MR) is 185 cm³/mol. The molecule has 0 aliphatic heterocycles. The second kappa shape index (κ2) is 10.6. The molecule has 9 rings (SSSR count). The Balaban J connectivity index is 1.26. The molecule has 6 nitrogen and oxygen atoms in total. The van der Waals surface area contributed by atoms with Gasteiger partial charge >= 0.3 is 0 Å². The lowest BCUT2D eigenvalue weighted by Crippen LogP contribution is -2.00. The van der Waals surface area contributed by atoms with E-state index in [4.69, 9.17) is 19.9 Å². The minimum absolute atomic E-state index is 0.557. The van der Waals surface area contributed by atoms with E-state index in [1.165, 1.54) is 26.9 Å². The zero-order chi connectivity index (χ0) is 30.5. The lowest BCUT2D eigenvalue weighted by molar-refractivity contribution is 1.07. The van der Waals surface area contributed by atoms with Crippen LogP contribution in [0, 0.1) is 0 Å². The molecule has 0 saturated heterocycles. The summed E-state index contributed by atoms with van der Waals surface area (Å²) in [6.45, 7) is 0. The molecule has 0 unspecified atom stereocenters. The first kappa shape index (κ1) is 26.0. The van der Waals surface area contributed by atoms with Crippen molar-refractivity contribution in [2.75, 3.05) is 0 Å². The fraction of sp³-hybridized carbons (Fsp3) is 0. The Bertz CT molecular complexity index is 2510. The summed E-state index contributed by atoms with van der Waals surface area (Å²) < 4.78 is 0. The molecule has 0 fully saturated rings. The fourth-order valence-electron chi connectivity index (χ4n) is 6.37. The number of nitrogens with zero attached hydrogens (tertiary/aromatic N) is 6. The molecule has 5 aromatic carbocycles. The summed E-state index contributed by atoms with van der Waals surface area (Å²) in [6, 6.07) is 41.8. The van der Waals surface area contributed by atoms with Crippen LogP contribution in [-0.4, -0.2) is 29.9 Å². The maximum atomic E-state index is 5.29. The van der Waals surface area contributed by atoms with E-state index in [9.17, 15) is 0 Å². The van der Waals surface area contributed by atoms with Crippen LogP contribution in [0.2, 0.25) is 0 Å². The van der Waals surface area contributed by atoms with Gasteiger partial charge in [0.25, 0.3) is 0 Å². The second-order valence-corrected chi connectivity index (χ2v) is 11.2. The van der Waals surface area contributed by atoms with Crippen LogP contribution in [0.25, 0.3) is 88.6 Å². The van der Waals surface area contributed by atoms with E-state index in [-0.39, 0.29) is 0 Å². The van der Waals surface area contributed by atoms with Crippen molar-refractivity contribution >= 4 is 43.2 Å². The Morgan fingerprint density at radius 1 is 0.326 bits per heavy atom. The molecule has 0 radical (unpaired) electrons. The average molecular weight is 589 g/mol. The molecule has 0 aliphatic carbocycles. The monoisotopic (exact) mass is 588 g/mol. The molecule has 0 atom stereocenters. The third-order valence-corrected chi connectivity index (χ3v) is 8.47. The van der Waals surface area contributed by atoms with E-state index in [0.29, 0.717) is 17.5 Å². The van der Waals surface area contributed by atoms with Gasteiger partial charge in [0.1, 0.15) is 0 Å². The molecule has 6 heteroatoms. The van der Waals surface area contributed by atoms with E-state index in [1.54, 1.807) is 24.8 Å². The van der Waals surface area contributed by atoms with Crippen LogP contribution in [0.5, 0.6) is 0 Å². The lowest BCUT2D eigenvalue weighted by Gasteiger charge is -2.16. The van der Waals surface area contributed by atoms with Gasteiger partial charge in [0.15, 0.2) is 17.5 Å². The molecule has 4 heterocycles. The Morgan fingerprint density at radius 3 is 1.37 bits per heavy atom. The first-order valence-corrected chi connectivity index (χ1v) is 15.1. The molecule has 4 aromatic heterocycles. The van der Waals surface area contributed by atoms with Crippen molar-refractivity contribution in [2.45, 2.75) is 0 Å². The largest absolute Gasteiger partial charge is 0.264 e. The summed E-state index contributed by atoms with van der Waals surface area (Å²) in [6.07, 6.45) is 7.01. The van der Waals surface area contributed by atoms with E-state index < -0.39 is 0 Å². The van der Waals surface area contributed by atoms with Crippen LogP contribution in [-0.2, 0) is 0 Å². The summed E-state index contributed by atoms with van der Waals surface area (Å²) >= 11 is 0. The normalized spacial score (nSPS) is 11.5. The maximum absolute atomic E-state index is 5.29. The van der Waals surface area contributed by atoms with Gasteiger partial charge in [0.2, 0.25) is 0 Å². The molecule has 214 valence electrons. The fourth-order valence-corrected chi connectivity index (χ4v) is 6.37. The Labute approximate surface area is 264 Å². The minimum Gasteiger partial charge on any atom is -0.264 e. The van der Waals surface area contributed by atoms with Gasteiger partial charge in [0.05, 0.1) is 11.2 Å². The van der Waals surface area contributed by atoms with Crippen molar-refractivity contribution in [3.63, 3.8) is 0 Å². The molecule has 46 heavy (non-hydrogen) atoms. The van der Waals surface area contributed by atoms with Crippen molar-refractivity contribution in [1.29, 1.82) is 0 Å². The van der Waals surface area contributed by atoms with Crippen LogP contribution >= 0.6 is 0 Å². The molecule has 0 saturated carbocycles. The van der Waals surface area contributed by atoms with Gasteiger partial charge in [0, 0.05) is 63.2 Å². The number of pyridine rings is 3. The maximum Gasteiger partial charge on any atom is 0.165 e. The topological polar surface area (TPSA) is 77.3 Å². The molecule has 9 aromatic rings. The summed E-state index contributed by atoms with van der Waals surface area (Å²) in [7, 11) is 0. The Morgan fingerprint density at radius 2 is 0.804 bits per heavy atom. The van der Waals surface area contributed by atoms with Crippen molar-refractivity contribution in [3.05, 3.63) is 146 Å². The van der Waals surface area contributed by atoms with Crippen molar-refractivity contribution in [2.24, 2.45) is 0 Å². The number of para-hydroxylation sites is 1. The first-order valence-electron chi connectivity index (χ1n) is 15.1. The average Bonchev–Trinajstić information content (AvgIpc) is 3.15. The van der Waals surface area contributed by atoms with Crippen LogP contribution in [0.15, 0.2) is 146 Å². The van der Waals surface area contributed by atoms with Gasteiger partial charge in [-0.05, 0) is 51.9 Å². The van der Waals surface area contributed by atoms with Gasteiger partial charge in [-0.15, -0.1) is 0 Å². The van der Waals surface area contributed by atoms with E-state index in [2.05, 4.69) is 107 Å². The Kier molecular flexibility index (Phi) is 6.03. The third-order valence-electron chi connectivity index (χ3n) is 8.47. The Hall–Kier alpha value is -6.40.